The summed E-state index contributed by atoms with van der Waals surface area (Å²) in [5.74, 6) is 2.38. The van der Waals surface area contributed by atoms with E-state index in [0.717, 1.165) is 10.5 Å². The van der Waals surface area contributed by atoms with Gasteiger partial charge in [0.2, 0.25) is 0 Å². The lowest BCUT2D eigenvalue weighted by Gasteiger charge is -2.38. The predicted octanol–water partition coefficient (Wildman–Crippen LogP) is 2.29. The fourth-order valence-electron chi connectivity index (χ4n) is 2.79. The van der Waals surface area contributed by atoms with Crippen LogP contribution in [0.2, 0.25) is 0 Å². The van der Waals surface area contributed by atoms with Gasteiger partial charge in [-0.15, -0.1) is 0 Å². The molecule has 0 spiro atoms. The average molecular weight is 140 g/mol. The Balaban J connectivity index is 1.94. The van der Waals surface area contributed by atoms with E-state index in [1.54, 1.807) is 25.7 Å². The van der Waals surface area contributed by atoms with Gasteiger partial charge in [-0.1, -0.05) is 0 Å². The molecule has 3 rings (SSSR count). The molecule has 4 atom stereocenters. The molecule has 0 N–H and O–H groups in total. The topological polar surface area (TPSA) is 0 Å². The van der Waals surface area contributed by atoms with Crippen LogP contribution >= 0.6 is 11.8 Å². The van der Waals surface area contributed by atoms with E-state index in [1.165, 1.54) is 11.8 Å². The summed E-state index contributed by atoms with van der Waals surface area (Å²) in [6.45, 7) is 0. The van der Waals surface area contributed by atoms with E-state index >= 15 is 0 Å². The van der Waals surface area contributed by atoms with Gasteiger partial charge in [0.25, 0.3) is 0 Å². The van der Waals surface area contributed by atoms with Gasteiger partial charge in [-0.25, -0.2) is 0 Å². The highest BCUT2D eigenvalue weighted by Gasteiger charge is 2.52. The van der Waals surface area contributed by atoms with Crippen LogP contribution < -0.4 is 0 Å². The Labute approximate surface area is 60.4 Å². The highest BCUT2D eigenvalue weighted by atomic mass is 32.2. The Morgan fingerprint density at radius 2 is 1.33 bits per heavy atom. The molecule has 1 aliphatic carbocycles. The molecule has 9 heavy (non-hydrogen) atoms. The predicted molar refractivity (Wildman–Crippen MR) is 40.6 cm³/mol. The van der Waals surface area contributed by atoms with Gasteiger partial charge >= 0.3 is 0 Å². The highest BCUT2D eigenvalue weighted by molar-refractivity contribution is 8.01. The number of hydrogen-bond donors (Lipinski definition) is 0. The van der Waals surface area contributed by atoms with Crippen LogP contribution in [0.15, 0.2) is 0 Å². The van der Waals surface area contributed by atoms with Crippen molar-refractivity contribution in [3.8, 4) is 0 Å². The summed E-state index contributed by atoms with van der Waals surface area (Å²) in [5.41, 5.74) is 0. The van der Waals surface area contributed by atoms with Gasteiger partial charge in [0.15, 0.2) is 0 Å². The standard InChI is InChI=1S/C8H12S/c1-2-6-5(1)7-3-4-8(6)9-7/h5-8H,1-4H2. The minimum Gasteiger partial charge on any atom is -0.155 e. The molecule has 4 unspecified atom stereocenters. The second-order valence-corrected chi connectivity index (χ2v) is 5.18. The molecule has 1 saturated carbocycles. The van der Waals surface area contributed by atoms with E-state index in [2.05, 4.69) is 11.8 Å². The molecule has 2 heterocycles. The maximum Gasteiger partial charge on any atom is 0.00816 e. The third-order valence-corrected chi connectivity index (χ3v) is 5.29. The second-order valence-electron chi connectivity index (χ2n) is 3.70. The summed E-state index contributed by atoms with van der Waals surface area (Å²) in [5, 5.41) is 2.24. The van der Waals surface area contributed by atoms with Crippen molar-refractivity contribution in [2.75, 3.05) is 0 Å². The fraction of sp³-hybridized carbons (Fsp3) is 1.00. The lowest BCUT2D eigenvalue weighted by atomic mass is 9.66. The molecular weight excluding hydrogens is 128 g/mol. The van der Waals surface area contributed by atoms with Crippen LogP contribution in [0.1, 0.15) is 25.7 Å². The van der Waals surface area contributed by atoms with E-state index in [0.29, 0.717) is 0 Å². The van der Waals surface area contributed by atoms with E-state index in [9.17, 15) is 0 Å². The van der Waals surface area contributed by atoms with Gasteiger partial charge in [0.05, 0.1) is 0 Å². The Morgan fingerprint density at radius 3 is 1.67 bits per heavy atom. The van der Waals surface area contributed by atoms with Crippen LogP contribution in [0.3, 0.4) is 0 Å². The summed E-state index contributed by atoms with van der Waals surface area (Å²) in [6.07, 6.45) is 6.24. The minimum absolute atomic E-state index is 1.12. The first-order chi connectivity index (χ1) is 4.45. The van der Waals surface area contributed by atoms with Gasteiger partial charge in [-0.2, -0.15) is 11.8 Å². The Morgan fingerprint density at radius 1 is 0.778 bits per heavy atom. The quantitative estimate of drug-likeness (QED) is 0.497. The van der Waals surface area contributed by atoms with Crippen molar-refractivity contribution in [1.82, 2.24) is 0 Å². The van der Waals surface area contributed by atoms with Crippen molar-refractivity contribution < 1.29 is 0 Å². The van der Waals surface area contributed by atoms with Crippen molar-refractivity contribution in [1.29, 1.82) is 0 Å². The molecule has 0 aromatic rings. The third kappa shape index (κ3) is 0.485. The first kappa shape index (κ1) is 5.06. The zero-order valence-electron chi connectivity index (χ0n) is 5.55. The van der Waals surface area contributed by atoms with Crippen LogP contribution in [0, 0.1) is 11.8 Å². The first-order valence-corrected chi connectivity index (χ1v) is 5.05. The average Bonchev–Trinajstić information content (AvgIpc) is 2.18. The maximum absolute atomic E-state index is 2.31. The molecule has 0 aromatic carbocycles. The highest BCUT2D eigenvalue weighted by Crippen LogP contribution is 2.61. The minimum atomic E-state index is 1.12. The number of hydrogen-bond acceptors (Lipinski definition) is 1. The zero-order valence-corrected chi connectivity index (χ0v) is 6.36. The monoisotopic (exact) mass is 140 g/mol. The smallest absolute Gasteiger partial charge is 0.00816 e. The van der Waals surface area contributed by atoms with Crippen LogP contribution in [0.25, 0.3) is 0 Å². The lowest BCUT2D eigenvalue weighted by molar-refractivity contribution is 0.152. The Hall–Kier alpha value is 0.350. The third-order valence-electron chi connectivity index (χ3n) is 3.42. The number of rotatable bonds is 0. The van der Waals surface area contributed by atoms with Crippen LogP contribution in [0.5, 0.6) is 0 Å². The fourth-order valence-corrected chi connectivity index (χ4v) is 4.87. The summed E-state index contributed by atoms with van der Waals surface area (Å²) in [6, 6.07) is 0. The molecule has 3 aliphatic rings. The van der Waals surface area contributed by atoms with E-state index in [-0.39, 0.29) is 0 Å². The molecule has 3 fully saturated rings. The molecule has 2 saturated heterocycles. The van der Waals surface area contributed by atoms with Gasteiger partial charge in [0.1, 0.15) is 0 Å². The number of fused-ring (bicyclic) bond motifs is 5. The van der Waals surface area contributed by atoms with Gasteiger partial charge in [-0.05, 0) is 37.5 Å². The SMILES string of the molecule is C1CC2SC1C1CCC21. The summed E-state index contributed by atoms with van der Waals surface area (Å²) >= 11 is 2.31. The summed E-state index contributed by atoms with van der Waals surface area (Å²) in [7, 11) is 0. The number of thioether (sulfide) groups is 1. The second kappa shape index (κ2) is 1.50. The molecule has 2 aliphatic heterocycles. The van der Waals surface area contributed by atoms with Crippen molar-refractivity contribution >= 4 is 11.8 Å². The maximum atomic E-state index is 2.31. The molecule has 1 heteroatoms. The molecule has 0 aromatic heterocycles. The van der Waals surface area contributed by atoms with Crippen molar-refractivity contribution in [2.45, 2.75) is 36.2 Å². The van der Waals surface area contributed by atoms with E-state index in [4.69, 9.17) is 0 Å². The molecular formula is C8H12S. The molecule has 0 radical (unpaired) electrons. The largest absolute Gasteiger partial charge is 0.155 e. The summed E-state index contributed by atoms with van der Waals surface area (Å²) in [4.78, 5) is 0. The normalized spacial score (nSPS) is 61.3. The first-order valence-electron chi connectivity index (χ1n) is 4.10. The van der Waals surface area contributed by atoms with Crippen LogP contribution in [0.4, 0.5) is 0 Å². The van der Waals surface area contributed by atoms with Gasteiger partial charge < -0.3 is 0 Å². The Kier molecular flexibility index (Phi) is 0.843. The van der Waals surface area contributed by atoms with Crippen molar-refractivity contribution in [2.24, 2.45) is 11.8 Å². The molecule has 50 valence electrons. The van der Waals surface area contributed by atoms with Crippen molar-refractivity contribution in [3.63, 3.8) is 0 Å². The summed E-state index contributed by atoms with van der Waals surface area (Å²) < 4.78 is 0. The van der Waals surface area contributed by atoms with E-state index < -0.39 is 0 Å². The molecule has 0 amide bonds. The molecule has 0 nitrogen and oxygen atoms in total. The van der Waals surface area contributed by atoms with Crippen LogP contribution in [-0.4, -0.2) is 10.5 Å². The Bertz CT molecular complexity index is 124. The zero-order chi connectivity index (χ0) is 5.84. The lowest BCUT2D eigenvalue weighted by Crippen LogP contribution is -2.35. The van der Waals surface area contributed by atoms with Crippen LogP contribution in [-0.2, 0) is 0 Å². The van der Waals surface area contributed by atoms with Crippen molar-refractivity contribution in [3.05, 3.63) is 0 Å². The van der Waals surface area contributed by atoms with Gasteiger partial charge in [-0.3, -0.25) is 0 Å². The van der Waals surface area contributed by atoms with E-state index in [1.807, 2.05) is 0 Å². The van der Waals surface area contributed by atoms with Gasteiger partial charge in [0, 0.05) is 10.5 Å². The molecule has 2 bridgehead atoms.